The third-order valence-electron chi connectivity index (χ3n) is 4.75. The monoisotopic (exact) mass is 403 g/mol. The highest BCUT2D eigenvalue weighted by atomic mass is 32.2. The summed E-state index contributed by atoms with van der Waals surface area (Å²) in [5.74, 6) is 0.0332. The number of H-pyrrole nitrogens is 1. The van der Waals surface area contributed by atoms with E-state index in [1.54, 1.807) is 0 Å². The summed E-state index contributed by atoms with van der Waals surface area (Å²) in [5, 5.41) is 2.89. The Balaban J connectivity index is 1.88. The number of carbonyl (C=O) groups excluding carboxylic acids is 1. The van der Waals surface area contributed by atoms with Gasteiger partial charge in [-0.2, -0.15) is 0 Å². The molecular formula is C19H25N5O3S. The summed E-state index contributed by atoms with van der Waals surface area (Å²) < 4.78 is 25.8. The molecule has 1 aromatic heterocycles. The second-order valence-electron chi connectivity index (χ2n) is 6.76. The van der Waals surface area contributed by atoms with Crippen molar-refractivity contribution in [2.45, 2.75) is 32.1 Å². The number of hydrogen-bond donors (Lipinski definition) is 4. The Morgan fingerprint density at radius 2 is 2.14 bits per heavy atom. The van der Waals surface area contributed by atoms with Gasteiger partial charge in [-0.15, -0.1) is 0 Å². The number of aromatic nitrogens is 2. The molecule has 1 aliphatic rings. The van der Waals surface area contributed by atoms with Crippen molar-refractivity contribution in [2.75, 3.05) is 23.9 Å². The molecule has 3 rings (SSSR count). The Labute approximate surface area is 164 Å². The van der Waals surface area contributed by atoms with E-state index in [0.29, 0.717) is 12.1 Å². The van der Waals surface area contributed by atoms with Crippen molar-refractivity contribution in [3.63, 3.8) is 0 Å². The molecule has 0 unspecified atom stereocenters. The van der Waals surface area contributed by atoms with Gasteiger partial charge >= 0.3 is 0 Å². The lowest BCUT2D eigenvalue weighted by molar-refractivity contribution is 0.101. The first-order valence-corrected chi connectivity index (χ1v) is 10.9. The number of nitrogens with zero attached hydrogens (tertiary/aromatic N) is 1. The van der Waals surface area contributed by atoms with E-state index < -0.39 is 10.0 Å². The number of nitrogen functional groups attached to an aromatic ring is 1. The van der Waals surface area contributed by atoms with E-state index in [4.69, 9.17) is 5.73 Å². The second-order valence-corrected chi connectivity index (χ2v) is 8.80. The molecule has 0 fully saturated rings. The number of nitrogens with two attached hydrogens (primary N) is 1. The fraction of sp³-hybridized carbons (Fsp3) is 0.368. The molecular weight excluding hydrogens is 378 g/mol. The van der Waals surface area contributed by atoms with E-state index in [1.807, 2.05) is 18.2 Å². The predicted molar refractivity (Wildman–Crippen MR) is 110 cm³/mol. The van der Waals surface area contributed by atoms with Gasteiger partial charge in [0, 0.05) is 17.4 Å². The Hall–Kier alpha value is -2.65. The van der Waals surface area contributed by atoms with E-state index in [1.165, 1.54) is 18.8 Å². The first-order chi connectivity index (χ1) is 13.4. The van der Waals surface area contributed by atoms with Crippen molar-refractivity contribution in [1.82, 2.24) is 14.7 Å². The van der Waals surface area contributed by atoms with E-state index in [9.17, 15) is 13.2 Å². The summed E-state index contributed by atoms with van der Waals surface area (Å²) in [6, 6.07) is 5.62. The number of anilines is 2. The highest BCUT2D eigenvalue weighted by molar-refractivity contribution is 7.89. The van der Waals surface area contributed by atoms with Crippen molar-refractivity contribution in [3.05, 3.63) is 47.4 Å². The Bertz CT molecular complexity index is 995. The number of hydrogen-bond acceptors (Lipinski definition) is 5. The van der Waals surface area contributed by atoms with Crippen molar-refractivity contribution in [1.29, 1.82) is 0 Å². The molecule has 2 aromatic rings. The Kier molecular flexibility index (Phi) is 6.15. The zero-order valence-corrected chi connectivity index (χ0v) is 16.6. The van der Waals surface area contributed by atoms with Gasteiger partial charge in [0.2, 0.25) is 10.0 Å². The lowest BCUT2D eigenvalue weighted by Crippen LogP contribution is -2.23. The standard InChI is InChI=1S/C19H25N5O3S/c1-21-28(26,27)10-9-13-7-8-16(15(11-13)14-5-3-2-4-6-14)23-19(25)18-22-12-17(20)24-18/h5,7-8,11-12,21H,2-4,6,9-10,20H2,1H3,(H,22,24)(H,23,25). The predicted octanol–water partition coefficient (Wildman–Crippen LogP) is 2.29. The molecule has 1 heterocycles. The number of nitrogens with one attached hydrogen (secondary N) is 3. The van der Waals surface area contributed by atoms with Crippen LogP contribution in [0.25, 0.3) is 5.57 Å². The summed E-state index contributed by atoms with van der Waals surface area (Å²) in [6.45, 7) is 0. The topological polar surface area (TPSA) is 130 Å². The molecule has 0 spiro atoms. The first kappa shape index (κ1) is 20.1. The van der Waals surface area contributed by atoms with Gasteiger partial charge in [-0.1, -0.05) is 12.1 Å². The second kappa shape index (κ2) is 8.57. The highest BCUT2D eigenvalue weighted by Crippen LogP contribution is 2.33. The average molecular weight is 404 g/mol. The number of allylic oxidation sites excluding steroid dienone is 2. The van der Waals surface area contributed by atoms with E-state index in [0.717, 1.165) is 36.8 Å². The van der Waals surface area contributed by atoms with Crippen LogP contribution in [-0.4, -0.2) is 37.1 Å². The van der Waals surface area contributed by atoms with E-state index in [-0.39, 0.29) is 23.3 Å². The Morgan fingerprint density at radius 1 is 1.32 bits per heavy atom. The van der Waals surface area contributed by atoms with Crippen LogP contribution in [0, 0.1) is 0 Å². The average Bonchev–Trinajstić information content (AvgIpc) is 3.14. The van der Waals surface area contributed by atoms with Crippen molar-refractivity contribution < 1.29 is 13.2 Å². The molecule has 1 aliphatic carbocycles. The van der Waals surface area contributed by atoms with Crippen LogP contribution in [0.15, 0.2) is 30.5 Å². The third-order valence-corrected chi connectivity index (χ3v) is 6.12. The summed E-state index contributed by atoms with van der Waals surface area (Å²) >= 11 is 0. The van der Waals surface area contributed by atoms with Crippen LogP contribution in [-0.2, 0) is 16.4 Å². The van der Waals surface area contributed by atoms with Crippen LogP contribution in [0.5, 0.6) is 0 Å². The number of rotatable bonds is 7. The van der Waals surface area contributed by atoms with Gasteiger partial charge in [0.15, 0.2) is 5.82 Å². The van der Waals surface area contributed by atoms with Gasteiger partial charge < -0.3 is 16.0 Å². The summed E-state index contributed by atoms with van der Waals surface area (Å²) in [7, 11) is -1.87. The third kappa shape index (κ3) is 4.99. The minimum absolute atomic E-state index is 0.0133. The van der Waals surface area contributed by atoms with Gasteiger partial charge in [-0.3, -0.25) is 4.79 Å². The lowest BCUT2D eigenvalue weighted by atomic mass is 9.91. The van der Waals surface area contributed by atoms with E-state index in [2.05, 4.69) is 26.1 Å². The van der Waals surface area contributed by atoms with Crippen LogP contribution >= 0.6 is 0 Å². The maximum Gasteiger partial charge on any atom is 0.291 e. The number of sulfonamides is 1. The van der Waals surface area contributed by atoms with Crippen LogP contribution in [0.1, 0.15) is 47.4 Å². The number of amides is 1. The summed E-state index contributed by atoms with van der Waals surface area (Å²) in [5.41, 5.74) is 9.24. The maximum atomic E-state index is 12.5. The van der Waals surface area contributed by atoms with Crippen molar-refractivity contribution in [3.8, 4) is 0 Å². The van der Waals surface area contributed by atoms with Gasteiger partial charge in [-0.25, -0.2) is 18.1 Å². The minimum atomic E-state index is -3.28. The molecule has 28 heavy (non-hydrogen) atoms. The number of aromatic amines is 1. The molecule has 0 saturated heterocycles. The molecule has 0 saturated carbocycles. The van der Waals surface area contributed by atoms with Crippen molar-refractivity contribution in [2.24, 2.45) is 0 Å². The van der Waals surface area contributed by atoms with Gasteiger partial charge in [0.05, 0.1) is 5.75 Å². The lowest BCUT2D eigenvalue weighted by Gasteiger charge is -2.18. The van der Waals surface area contributed by atoms with Crippen LogP contribution in [0.4, 0.5) is 11.5 Å². The number of imidazole rings is 1. The maximum absolute atomic E-state index is 12.5. The molecule has 1 aromatic carbocycles. The molecule has 9 heteroatoms. The van der Waals surface area contributed by atoms with Gasteiger partial charge in [-0.05, 0) is 62.4 Å². The minimum Gasteiger partial charge on any atom is -0.382 e. The molecule has 0 radical (unpaired) electrons. The molecule has 1 amide bonds. The summed E-state index contributed by atoms with van der Waals surface area (Å²) in [4.78, 5) is 19.2. The van der Waals surface area contributed by atoms with Gasteiger partial charge in [0.25, 0.3) is 5.91 Å². The fourth-order valence-electron chi connectivity index (χ4n) is 3.19. The van der Waals surface area contributed by atoms with Crippen molar-refractivity contribution >= 4 is 33.0 Å². The molecule has 5 N–H and O–H groups in total. The van der Waals surface area contributed by atoms with Crippen LogP contribution in [0.3, 0.4) is 0 Å². The first-order valence-electron chi connectivity index (χ1n) is 9.24. The number of benzene rings is 1. The quantitative estimate of drug-likeness (QED) is 0.563. The van der Waals surface area contributed by atoms with E-state index >= 15 is 0 Å². The number of carbonyl (C=O) groups is 1. The molecule has 150 valence electrons. The smallest absolute Gasteiger partial charge is 0.291 e. The molecule has 8 nitrogen and oxygen atoms in total. The molecule has 0 bridgehead atoms. The number of aryl methyl sites for hydroxylation is 1. The van der Waals surface area contributed by atoms with Gasteiger partial charge in [0.1, 0.15) is 5.82 Å². The van der Waals surface area contributed by atoms with Crippen LogP contribution < -0.4 is 15.8 Å². The highest BCUT2D eigenvalue weighted by Gasteiger charge is 2.17. The zero-order valence-electron chi connectivity index (χ0n) is 15.8. The normalized spacial score (nSPS) is 14.5. The molecule has 0 aliphatic heterocycles. The fourth-order valence-corrected chi connectivity index (χ4v) is 3.90. The summed E-state index contributed by atoms with van der Waals surface area (Å²) in [6.07, 6.45) is 8.21. The van der Waals surface area contributed by atoms with Crippen LogP contribution in [0.2, 0.25) is 0 Å². The Morgan fingerprint density at radius 3 is 2.79 bits per heavy atom. The zero-order chi connectivity index (χ0) is 20.1. The SMILES string of the molecule is CNS(=O)(=O)CCc1ccc(NC(=O)c2nc(N)c[nH]2)c(C2=CCCCC2)c1. The largest absolute Gasteiger partial charge is 0.382 e. The molecule has 0 atom stereocenters.